The third-order valence-corrected chi connectivity index (χ3v) is 2.11. The van der Waals surface area contributed by atoms with Crippen molar-refractivity contribution in [3.05, 3.63) is 23.9 Å². The second kappa shape index (κ2) is 5.21. The summed E-state index contributed by atoms with van der Waals surface area (Å²) in [5.41, 5.74) is -0.0577. The van der Waals surface area contributed by atoms with Gasteiger partial charge in [-0.15, -0.1) is 11.6 Å². The van der Waals surface area contributed by atoms with Crippen LogP contribution < -0.4 is 4.74 Å². The molecule has 0 aliphatic carbocycles. The predicted molar refractivity (Wildman–Crippen MR) is 50.3 cm³/mol. The lowest BCUT2D eigenvalue weighted by atomic mass is 10.3. The van der Waals surface area contributed by atoms with E-state index >= 15 is 0 Å². The fourth-order valence-corrected chi connectivity index (χ4v) is 1.27. The maximum absolute atomic E-state index is 12.2. The highest BCUT2D eigenvalue weighted by molar-refractivity contribution is 6.17. The summed E-state index contributed by atoms with van der Waals surface area (Å²) in [4.78, 5) is 3.31. The van der Waals surface area contributed by atoms with Gasteiger partial charge < -0.3 is 4.74 Å². The number of hydrogen-bond acceptors (Lipinski definition) is 2. The van der Waals surface area contributed by atoms with E-state index in [1.165, 1.54) is 12.1 Å². The van der Waals surface area contributed by atoms with Crippen molar-refractivity contribution in [2.24, 2.45) is 0 Å². The molecule has 0 aliphatic rings. The molecule has 18 heavy (non-hydrogen) atoms. The molecule has 0 atom stereocenters. The summed E-state index contributed by atoms with van der Waals surface area (Å²) in [5, 5.41) is 0. The third kappa shape index (κ3) is 3.66. The van der Waals surface area contributed by atoms with Gasteiger partial charge in [0, 0.05) is 11.8 Å². The van der Waals surface area contributed by atoms with Crippen LogP contribution in [0.1, 0.15) is 5.56 Å². The van der Waals surface area contributed by atoms with Gasteiger partial charge in [0.05, 0.1) is 5.88 Å². The van der Waals surface area contributed by atoms with Crippen LogP contribution >= 0.6 is 11.6 Å². The minimum atomic E-state index is -5.58. The Morgan fingerprint density at radius 3 is 2.17 bits per heavy atom. The molecule has 0 aromatic carbocycles. The highest BCUT2D eigenvalue weighted by Crippen LogP contribution is 2.36. The molecule has 102 valence electrons. The van der Waals surface area contributed by atoms with Gasteiger partial charge in [-0.05, 0) is 6.07 Å². The zero-order valence-corrected chi connectivity index (χ0v) is 9.27. The van der Waals surface area contributed by atoms with Crippen LogP contribution in [0.15, 0.2) is 18.3 Å². The molecule has 9 heteroatoms. The largest absolute Gasteiger partial charge is 0.454 e. The number of aromatic nitrogens is 1. The smallest absolute Gasteiger partial charge is 0.434 e. The first kappa shape index (κ1) is 14.9. The third-order valence-electron chi connectivity index (χ3n) is 1.82. The Labute approximate surface area is 103 Å². The topological polar surface area (TPSA) is 22.1 Å². The van der Waals surface area contributed by atoms with Gasteiger partial charge in [0.25, 0.3) is 6.10 Å². The first-order chi connectivity index (χ1) is 8.16. The van der Waals surface area contributed by atoms with Crippen molar-refractivity contribution in [1.29, 1.82) is 0 Å². The van der Waals surface area contributed by atoms with Gasteiger partial charge in [-0.25, -0.2) is 4.98 Å². The Hall–Kier alpha value is -1.18. The second-order valence-electron chi connectivity index (χ2n) is 3.18. The molecule has 0 bridgehead atoms. The number of ether oxygens (including phenoxy) is 1. The normalized spacial score (nSPS) is 12.9. The Morgan fingerprint density at radius 1 is 1.17 bits per heavy atom. The molecular weight excluding hydrogens is 288 g/mol. The molecule has 0 N–H and O–H groups in total. The van der Waals surface area contributed by atoms with Crippen LogP contribution in [0.3, 0.4) is 0 Å². The van der Waals surface area contributed by atoms with Crippen LogP contribution in [-0.4, -0.2) is 23.4 Å². The van der Waals surface area contributed by atoms with Crippen molar-refractivity contribution in [1.82, 2.24) is 4.98 Å². The summed E-state index contributed by atoms with van der Waals surface area (Å²) in [6, 6.07) is 2.54. The van der Waals surface area contributed by atoms with Crippen molar-refractivity contribution in [3.8, 4) is 5.88 Å². The van der Waals surface area contributed by atoms with E-state index in [4.69, 9.17) is 11.6 Å². The van der Waals surface area contributed by atoms with E-state index in [-0.39, 0.29) is 11.4 Å². The van der Waals surface area contributed by atoms with Crippen molar-refractivity contribution < 1.29 is 31.1 Å². The Kier molecular flexibility index (Phi) is 4.31. The molecule has 0 saturated carbocycles. The monoisotopic (exact) mass is 293 g/mol. The lowest BCUT2D eigenvalue weighted by Crippen LogP contribution is -2.46. The summed E-state index contributed by atoms with van der Waals surface area (Å²) in [7, 11) is 0. The Balaban J connectivity index is 3.05. The number of nitrogens with zero attached hydrogens (tertiary/aromatic N) is 1. The maximum Gasteiger partial charge on any atom is 0.434 e. The first-order valence-corrected chi connectivity index (χ1v) is 4.99. The molecule has 0 fully saturated rings. The number of halogens is 7. The average molecular weight is 294 g/mol. The van der Waals surface area contributed by atoms with E-state index in [1.807, 2.05) is 0 Å². The molecule has 0 radical (unpaired) electrons. The molecule has 0 aliphatic heterocycles. The number of rotatable bonds is 3. The zero-order chi connectivity index (χ0) is 14.0. The number of alkyl halides is 7. The lowest BCUT2D eigenvalue weighted by Gasteiger charge is -2.23. The van der Waals surface area contributed by atoms with Crippen LogP contribution in [-0.2, 0) is 5.88 Å². The van der Waals surface area contributed by atoms with Gasteiger partial charge >= 0.3 is 12.4 Å². The van der Waals surface area contributed by atoms with Crippen LogP contribution in [0.25, 0.3) is 0 Å². The number of pyridine rings is 1. The van der Waals surface area contributed by atoms with Gasteiger partial charge in [0.2, 0.25) is 5.88 Å². The summed E-state index contributed by atoms with van der Waals surface area (Å²) in [5.74, 6) is -1.10. The van der Waals surface area contributed by atoms with Crippen molar-refractivity contribution in [2.75, 3.05) is 0 Å². The molecule has 1 heterocycles. The molecule has 0 unspecified atom stereocenters. The molecule has 1 aromatic heterocycles. The van der Waals surface area contributed by atoms with Gasteiger partial charge in [-0.2, -0.15) is 26.3 Å². The molecular formula is C9H6ClF6NO. The quantitative estimate of drug-likeness (QED) is 0.626. The Bertz CT molecular complexity index is 391. The fourth-order valence-electron chi connectivity index (χ4n) is 1.06. The van der Waals surface area contributed by atoms with Gasteiger partial charge in [0.15, 0.2) is 0 Å². The standard InChI is InChI=1S/C9H6ClF6NO/c10-4-5-2-1-3-17-6(5)18-7(8(11,12)13)9(14,15)16/h1-3,7H,4H2. The van der Waals surface area contributed by atoms with Crippen LogP contribution in [0.5, 0.6) is 5.88 Å². The van der Waals surface area contributed by atoms with Crippen LogP contribution in [0.4, 0.5) is 26.3 Å². The highest BCUT2D eigenvalue weighted by Gasteiger charge is 2.59. The van der Waals surface area contributed by atoms with E-state index in [0.717, 1.165) is 6.20 Å². The van der Waals surface area contributed by atoms with E-state index in [1.54, 1.807) is 0 Å². The van der Waals surface area contributed by atoms with Crippen molar-refractivity contribution >= 4 is 11.6 Å². The molecule has 2 nitrogen and oxygen atoms in total. The predicted octanol–water partition coefficient (Wildman–Crippen LogP) is 3.69. The molecule has 0 saturated heterocycles. The van der Waals surface area contributed by atoms with E-state index in [9.17, 15) is 26.3 Å². The molecule has 0 amide bonds. The van der Waals surface area contributed by atoms with Crippen LogP contribution in [0.2, 0.25) is 0 Å². The Morgan fingerprint density at radius 2 is 1.72 bits per heavy atom. The van der Waals surface area contributed by atoms with Crippen molar-refractivity contribution in [2.45, 2.75) is 24.3 Å². The summed E-state index contributed by atoms with van der Waals surface area (Å²) in [6.45, 7) is 0. The fraction of sp³-hybridized carbons (Fsp3) is 0.444. The molecule has 0 spiro atoms. The maximum atomic E-state index is 12.2. The SMILES string of the molecule is FC(F)(F)C(Oc1ncccc1CCl)C(F)(F)F. The number of hydrogen-bond donors (Lipinski definition) is 0. The van der Waals surface area contributed by atoms with Gasteiger partial charge in [-0.1, -0.05) is 6.07 Å². The van der Waals surface area contributed by atoms with Gasteiger partial charge in [-0.3, -0.25) is 0 Å². The van der Waals surface area contributed by atoms with Gasteiger partial charge in [0.1, 0.15) is 0 Å². The van der Waals surface area contributed by atoms with E-state index in [0.29, 0.717) is 0 Å². The average Bonchev–Trinajstić information content (AvgIpc) is 2.23. The summed E-state index contributed by atoms with van der Waals surface area (Å²) >= 11 is 5.36. The molecule has 1 aromatic rings. The summed E-state index contributed by atoms with van der Waals surface area (Å²) in [6.07, 6.45) is -14.1. The van der Waals surface area contributed by atoms with E-state index in [2.05, 4.69) is 9.72 Å². The minimum absolute atomic E-state index is 0.0577. The zero-order valence-electron chi connectivity index (χ0n) is 8.52. The highest BCUT2D eigenvalue weighted by atomic mass is 35.5. The first-order valence-electron chi connectivity index (χ1n) is 4.46. The van der Waals surface area contributed by atoms with E-state index < -0.39 is 24.3 Å². The second-order valence-corrected chi connectivity index (χ2v) is 3.45. The van der Waals surface area contributed by atoms with Crippen LogP contribution in [0, 0.1) is 0 Å². The summed E-state index contributed by atoms with van der Waals surface area (Å²) < 4.78 is 77.3. The lowest BCUT2D eigenvalue weighted by molar-refractivity contribution is -0.300. The minimum Gasteiger partial charge on any atom is -0.454 e. The molecule has 1 rings (SSSR count). The van der Waals surface area contributed by atoms with Crippen molar-refractivity contribution in [3.63, 3.8) is 0 Å².